The van der Waals surface area contributed by atoms with Crippen molar-refractivity contribution in [3.05, 3.63) is 10.7 Å². The average Bonchev–Trinajstić information content (AvgIpc) is 2.30. The highest BCUT2D eigenvalue weighted by atomic mass is 79.9. The van der Waals surface area contributed by atoms with Crippen LogP contribution in [-0.2, 0) is 4.74 Å². The summed E-state index contributed by atoms with van der Waals surface area (Å²) >= 11 is 3.49. The first-order valence-corrected chi connectivity index (χ1v) is 5.19. The fraction of sp³-hybridized carbons (Fsp3) is 0.778. The third-order valence-corrected chi connectivity index (χ3v) is 3.05. The first-order valence-electron chi connectivity index (χ1n) is 4.40. The second kappa shape index (κ2) is 3.98. The molecule has 3 nitrogen and oxygen atoms in total. The topological polar surface area (TPSA) is 24.5 Å². The van der Waals surface area contributed by atoms with E-state index >= 15 is 0 Å². The summed E-state index contributed by atoms with van der Waals surface area (Å²) in [5.41, 5.74) is 3.18. The standard InChI is InChI=1S/C9H17BrN2O/c1-7-8(10)5-12(11-7)6-9(2,3)13-4/h5,7,11H,6H2,1-4H3. The van der Waals surface area contributed by atoms with Crippen LogP contribution in [0, 0.1) is 0 Å². The van der Waals surface area contributed by atoms with Gasteiger partial charge < -0.3 is 9.75 Å². The molecule has 1 rings (SSSR count). The van der Waals surface area contributed by atoms with Crippen molar-refractivity contribution in [2.45, 2.75) is 32.4 Å². The molecule has 0 aromatic heterocycles. The minimum absolute atomic E-state index is 0.124. The van der Waals surface area contributed by atoms with E-state index in [1.807, 2.05) is 0 Å². The largest absolute Gasteiger partial charge is 0.377 e. The van der Waals surface area contributed by atoms with E-state index in [4.69, 9.17) is 4.74 Å². The molecule has 1 N–H and O–H groups in total. The third-order valence-electron chi connectivity index (χ3n) is 2.16. The van der Waals surface area contributed by atoms with Gasteiger partial charge >= 0.3 is 0 Å². The highest BCUT2D eigenvalue weighted by Gasteiger charge is 2.24. The number of nitrogens with zero attached hydrogens (tertiary/aromatic N) is 1. The summed E-state index contributed by atoms with van der Waals surface area (Å²) < 4.78 is 6.52. The molecule has 0 saturated heterocycles. The lowest BCUT2D eigenvalue weighted by Gasteiger charge is -2.29. The van der Waals surface area contributed by atoms with Gasteiger partial charge in [0.2, 0.25) is 0 Å². The maximum atomic E-state index is 5.34. The van der Waals surface area contributed by atoms with E-state index in [-0.39, 0.29) is 5.60 Å². The molecule has 0 radical (unpaired) electrons. The van der Waals surface area contributed by atoms with Crippen LogP contribution in [0.4, 0.5) is 0 Å². The molecule has 0 aliphatic carbocycles. The molecule has 4 heteroatoms. The summed E-state index contributed by atoms with van der Waals surface area (Å²) in [6.07, 6.45) is 2.06. The number of hydrogen-bond donors (Lipinski definition) is 1. The molecule has 13 heavy (non-hydrogen) atoms. The molecule has 0 amide bonds. The van der Waals surface area contributed by atoms with Gasteiger partial charge in [0.25, 0.3) is 0 Å². The summed E-state index contributed by atoms with van der Waals surface area (Å²) in [4.78, 5) is 0. The van der Waals surface area contributed by atoms with Crippen LogP contribution in [0.2, 0.25) is 0 Å². The number of ether oxygens (including phenoxy) is 1. The quantitative estimate of drug-likeness (QED) is 0.826. The van der Waals surface area contributed by atoms with Crippen molar-refractivity contribution in [2.75, 3.05) is 13.7 Å². The number of nitrogens with one attached hydrogen (secondary N) is 1. The molecule has 1 atom stereocenters. The maximum Gasteiger partial charge on any atom is 0.0812 e. The van der Waals surface area contributed by atoms with Crippen LogP contribution in [-0.4, -0.2) is 30.3 Å². The minimum Gasteiger partial charge on any atom is -0.377 e. The van der Waals surface area contributed by atoms with Crippen molar-refractivity contribution in [3.63, 3.8) is 0 Å². The van der Waals surface area contributed by atoms with E-state index < -0.39 is 0 Å². The Kier molecular flexibility index (Phi) is 3.38. The van der Waals surface area contributed by atoms with Crippen LogP contribution in [0.5, 0.6) is 0 Å². The monoisotopic (exact) mass is 248 g/mol. The maximum absolute atomic E-state index is 5.34. The fourth-order valence-electron chi connectivity index (χ4n) is 1.17. The molecule has 1 aliphatic rings. The van der Waals surface area contributed by atoms with Crippen molar-refractivity contribution in [2.24, 2.45) is 0 Å². The number of halogens is 1. The Bertz CT molecular complexity index is 216. The Morgan fingerprint density at radius 2 is 2.31 bits per heavy atom. The Morgan fingerprint density at radius 3 is 2.69 bits per heavy atom. The van der Waals surface area contributed by atoms with Gasteiger partial charge in [0.15, 0.2) is 0 Å². The van der Waals surface area contributed by atoms with Crippen molar-refractivity contribution in [3.8, 4) is 0 Å². The van der Waals surface area contributed by atoms with E-state index in [1.54, 1.807) is 7.11 Å². The Hall–Kier alpha value is -0.0600. The molecule has 0 saturated carbocycles. The number of hydrazine groups is 1. The van der Waals surface area contributed by atoms with Gasteiger partial charge in [-0.15, -0.1) is 0 Å². The smallest absolute Gasteiger partial charge is 0.0812 e. The highest BCUT2D eigenvalue weighted by Crippen LogP contribution is 2.20. The van der Waals surface area contributed by atoms with Crippen molar-refractivity contribution in [1.82, 2.24) is 10.4 Å². The molecule has 0 aromatic rings. The lowest BCUT2D eigenvalue weighted by Crippen LogP contribution is -2.43. The molecule has 0 aromatic carbocycles. The van der Waals surface area contributed by atoms with Crippen molar-refractivity contribution >= 4 is 15.9 Å². The molecule has 76 valence electrons. The number of hydrogen-bond acceptors (Lipinski definition) is 3. The van der Waals surface area contributed by atoms with Gasteiger partial charge in [0.05, 0.1) is 18.2 Å². The van der Waals surface area contributed by atoms with E-state index in [9.17, 15) is 0 Å². The van der Waals surface area contributed by atoms with Gasteiger partial charge in [-0.2, -0.15) is 0 Å². The van der Waals surface area contributed by atoms with E-state index in [1.165, 1.54) is 4.48 Å². The summed E-state index contributed by atoms with van der Waals surface area (Å²) in [6, 6.07) is 0.368. The molecular weight excluding hydrogens is 232 g/mol. The molecule has 0 spiro atoms. The summed E-state index contributed by atoms with van der Waals surface area (Å²) in [5.74, 6) is 0. The SMILES string of the molecule is COC(C)(C)CN1C=C(Br)C(C)N1. The molecule has 0 bridgehead atoms. The van der Waals surface area contributed by atoms with Gasteiger partial charge in [-0.1, -0.05) is 15.9 Å². The van der Waals surface area contributed by atoms with E-state index in [0.717, 1.165) is 6.54 Å². The van der Waals surface area contributed by atoms with Crippen molar-refractivity contribution < 1.29 is 4.74 Å². The van der Waals surface area contributed by atoms with Gasteiger partial charge in [-0.25, -0.2) is 5.43 Å². The average molecular weight is 249 g/mol. The first kappa shape index (κ1) is 11.0. The summed E-state index contributed by atoms with van der Waals surface area (Å²) in [6.45, 7) is 7.09. The molecular formula is C9H17BrN2O. The zero-order valence-electron chi connectivity index (χ0n) is 8.60. The van der Waals surface area contributed by atoms with Gasteiger partial charge in [0, 0.05) is 17.8 Å². The molecule has 1 heterocycles. The van der Waals surface area contributed by atoms with Gasteiger partial charge in [-0.05, 0) is 20.8 Å². The van der Waals surface area contributed by atoms with Crippen LogP contribution < -0.4 is 5.43 Å². The second-order valence-corrected chi connectivity index (χ2v) is 4.87. The van der Waals surface area contributed by atoms with Crippen LogP contribution in [0.1, 0.15) is 20.8 Å². The summed E-state index contributed by atoms with van der Waals surface area (Å²) in [7, 11) is 1.73. The molecule has 1 unspecified atom stereocenters. The zero-order chi connectivity index (χ0) is 10.1. The van der Waals surface area contributed by atoms with Gasteiger partial charge in [0.1, 0.15) is 0 Å². The molecule has 1 aliphatic heterocycles. The normalized spacial score (nSPS) is 23.6. The lowest BCUT2D eigenvalue weighted by molar-refractivity contribution is -0.00593. The van der Waals surface area contributed by atoms with Crippen LogP contribution in [0.25, 0.3) is 0 Å². The molecule has 0 fully saturated rings. The fourth-order valence-corrected chi connectivity index (χ4v) is 1.52. The van der Waals surface area contributed by atoms with Crippen LogP contribution >= 0.6 is 15.9 Å². The highest BCUT2D eigenvalue weighted by molar-refractivity contribution is 9.11. The Balaban J connectivity index is 2.49. The minimum atomic E-state index is -0.124. The van der Waals surface area contributed by atoms with E-state index in [0.29, 0.717) is 6.04 Å². The Labute approximate surface area is 88.2 Å². The third kappa shape index (κ3) is 2.97. The van der Waals surface area contributed by atoms with Crippen LogP contribution in [0.3, 0.4) is 0 Å². The zero-order valence-corrected chi connectivity index (χ0v) is 10.2. The lowest BCUT2D eigenvalue weighted by atomic mass is 10.1. The van der Waals surface area contributed by atoms with Gasteiger partial charge in [-0.3, -0.25) is 0 Å². The summed E-state index contributed by atoms with van der Waals surface area (Å²) in [5, 5.41) is 2.05. The number of rotatable bonds is 3. The first-order chi connectivity index (χ1) is 5.94. The van der Waals surface area contributed by atoms with E-state index in [2.05, 4.69) is 53.3 Å². The predicted molar refractivity (Wildman–Crippen MR) is 57.4 cm³/mol. The van der Waals surface area contributed by atoms with Crippen molar-refractivity contribution in [1.29, 1.82) is 0 Å². The number of methoxy groups -OCH3 is 1. The Morgan fingerprint density at radius 1 is 1.69 bits per heavy atom. The second-order valence-electron chi connectivity index (χ2n) is 3.96. The predicted octanol–water partition coefficient (Wildman–Crippen LogP) is 1.86. The van der Waals surface area contributed by atoms with Crippen LogP contribution in [0.15, 0.2) is 10.7 Å².